The van der Waals surface area contributed by atoms with Gasteiger partial charge in [0.2, 0.25) is 0 Å². The molecule has 0 atom stereocenters. The van der Waals surface area contributed by atoms with Crippen molar-refractivity contribution in [2.75, 3.05) is 33.3 Å². The van der Waals surface area contributed by atoms with Gasteiger partial charge in [-0.1, -0.05) is 17.7 Å². The van der Waals surface area contributed by atoms with Gasteiger partial charge in [-0.25, -0.2) is 0 Å². The number of rotatable bonds is 5. The van der Waals surface area contributed by atoms with E-state index in [0.29, 0.717) is 11.6 Å². The maximum absolute atomic E-state index is 9.62. The average Bonchev–Trinajstić information content (AvgIpc) is 2.56. The van der Waals surface area contributed by atoms with Crippen molar-refractivity contribution in [3.05, 3.63) is 28.8 Å². The van der Waals surface area contributed by atoms with Gasteiger partial charge in [0.15, 0.2) is 5.96 Å². The molecule has 0 radical (unpaired) electrons. The normalized spacial score (nSPS) is 16.5. The van der Waals surface area contributed by atoms with E-state index < -0.39 is 0 Å². The van der Waals surface area contributed by atoms with E-state index in [0.717, 1.165) is 56.2 Å². The van der Waals surface area contributed by atoms with Crippen LogP contribution in [0.3, 0.4) is 0 Å². The highest BCUT2D eigenvalue weighted by molar-refractivity contribution is 6.31. The molecular weight excluding hydrogens is 314 g/mol. The number of aliphatic imine (C=N–C) groups is 1. The van der Waals surface area contributed by atoms with Crippen LogP contribution in [0.25, 0.3) is 0 Å². The molecule has 0 aliphatic carbocycles. The summed E-state index contributed by atoms with van der Waals surface area (Å²) in [5.74, 6) is 1.69. The van der Waals surface area contributed by atoms with Gasteiger partial charge in [-0.2, -0.15) is 0 Å². The summed E-state index contributed by atoms with van der Waals surface area (Å²) >= 11 is 6.27. The van der Waals surface area contributed by atoms with Gasteiger partial charge < -0.3 is 20.1 Å². The van der Waals surface area contributed by atoms with Crippen LogP contribution in [0, 0.1) is 0 Å². The summed E-state index contributed by atoms with van der Waals surface area (Å²) in [5, 5.41) is 13.7. The van der Waals surface area contributed by atoms with Gasteiger partial charge in [0.25, 0.3) is 0 Å². The molecule has 5 nitrogen and oxygen atoms in total. The molecule has 1 saturated heterocycles. The highest BCUT2D eigenvalue weighted by atomic mass is 35.5. The number of nitrogens with one attached hydrogen (secondary N) is 1. The lowest BCUT2D eigenvalue weighted by molar-refractivity contribution is 0.108. The van der Waals surface area contributed by atoms with Crippen molar-refractivity contribution in [1.29, 1.82) is 0 Å². The number of methoxy groups -OCH3 is 1. The third-order valence-electron chi connectivity index (χ3n) is 4.00. The van der Waals surface area contributed by atoms with E-state index in [-0.39, 0.29) is 6.10 Å². The number of hydrogen-bond acceptors (Lipinski definition) is 3. The lowest BCUT2D eigenvalue weighted by Gasteiger charge is -2.32. The SMILES string of the molecule is CCNC(=NCCc1ccc(OC)cc1Cl)N1CCC(O)CC1. The third-order valence-corrected chi connectivity index (χ3v) is 4.35. The molecular formula is C17H26ClN3O2. The Kier molecular flexibility index (Phi) is 6.99. The molecule has 0 bridgehead atoms. The smallest absolute Gasteiger partial charge is 0.193 e. The second-order valence-electron chi connectivity index (χ2n) is 5.66. The van der Waals surface area contributed by atoms with Gasteiger partial charge in [-0.3, -0.25) is 4.99 Å². The molecule has 0 saturated carbocycles. The zero-order valence-corrected chi connectivity index (χ0v) is 14.6. The van der Waals surface area contributed by atoms with E-state index in [9.17, 15) is 5.11 Å². The molecule has 0 aromatic heterocycles. The lowest BCUT2D eigenvalue weighted by atomic mass is 10.1. The first-order valence-electron chi connectivity index (χ1n) is 8.17. The largest absolute Gasteiger partial charge is 0.497 e. The fraction of sp³-hybridized carbons (Fsp3) is 0.588. The fourth-order valence-corrected chi connectivity index (χ4v) is 2.91. The third kappa shape index (κ3) is 5.29. The maximum atomic E-state index is 9.62. The number of nitrogens with zero attached hydrogens (tertiary/aromatic N) is 2. The summed E-state index contributed by atoms with van der Waals surface area (Å²) in [6.07, 6.45) is 2.21. The van der Waals surface area contributed by atoms with Crippen LogP contribution < -0.4 is 10.1 Å². The predicted molar refractivity (Wildman–Crippen MR) is 94.5 cm³/mol. The molecule has 6 heteroatoms. The summed E-state index contributed by atoms with van der Waals surface area (Å²) in [6, 6.07) is 5.74. The molecule has 23 heavy (non-hydrogen) atoms. The van der Waals surface area contributed by atoms with Crippen LogP contribution in [0.4, 0.5) is 0 Å². The molecule has 1 aliphatic rings. The number of aliphatic hydroxyl groups is 1. The minimum atomic E-state index is -0.174. The maximum Gasteiger partial charge on any atom is 0.193 e. The molecule has 0 unspecified atom stereocenters. The first-order valence-corrected chi connectivity index (χ1v) is 8.55. The highest BCUT2D eigenvalue weighted by Gasteiger charge is 2.19. The molecule has 2 rings (SSSR count). The van der Waals surface area contributed by atoms with Crippen molar-refractivity contribution in [3.63, 3.8) is 0 Å². The molecule has 0 amide bonds. The molecule has 1 fully saturated rings. The zero-order chi connectivity index (χ0) is 16.7. The average molecular weight is 340 g/mol. The van der Waals surface area contributed by atoms with E-state index in [1.807, 2.05) is 18.2 Å². The Bertz CT molecular complexity index is 529. The Morgan fingerprint density at radius 1 is 1.43 bits per heavy atom. The monoisotopic (exact) mass is 339 g/mol. The Morgan fingerprint density at radius 3 is 2.78 bits per heavy atom. The Balaban J connectivity index is 1.95. The number of halogens is 1. The second kappa shape index (κ2) is 8.99. The van der Waals surface area contributed by atoms with E-state index in [4.69, 9.17) is 21.3 Å². The van der Waals surface area contributed by atoms with Crippen LogP contribution in [0.2, 0.25) is 5.02 Å². The van der Waals surface area contributed by atoms with Crippen molar-refractivity contribution >= 4 is 17.6 Å². The number of guanidine groups is 1. The number of benzene rings is 1. The molecule has 1 aromatic rings. The Labute approximate surface area is 143 Å². The number of piperidine rings is 1. The van der Waals surface area contributed by atoms with Gasteiger partial charge in [-0.05, 0) is 43.9 Å². The fourth-order valence-electron chi connectivity index (χ4n) is 2.64. The molecule has 2 N–H and O–H groups in total. The standard InChI is InChI=1S/C17H26ClN3O2/c1-3-19-17(21-10-7-14(22)8-11-21)20-9-6-13-4-5-15(23-2)12-16(13)18/h4-5,12,14,22H,3,6-11H2,1-2H3,(H,19,20). The first kappa shape index (κ1) is 17.9. The first-order chi connectivity index (χ1) is 11.1. The summed E-state index contributed by atoms with van der Waals surface area (Å²) in [5.41, 5.74) is 1.07. The van der Waals surface area contributed by atoms with Gasteiger partial charge in [-0.15, -0.1) is 0 Å². The van der Waals surface area contributed by atoms with E-state index in [1.165, 1.54) is 0 Å². The summed E-state index contributed by atoms with van der Waals surface area (Å²) in [4.78, 5) is 6.92. The Morgan fingerprint density at radius 2 is 2.17 bits per heavy atom. The number of aliphatic hydroxyl groups excluding tert-OH is 1. The van der Waals surface area contributed by atoms with Crippen LogP contribution in [-0.4, -0.2) is 55.4 Å². The number of likely N-dealkylation sites (tertiary alicyclic amines) is 1. The van der Waals surface area contributed by atoms with Crippen LogP contribution in [-0.2, 0) is 6.42 Å². The van der Waals surface area contributed by atoms with Crippen molar-refractivity contribution in [2.24, 2.45) is 4.99 Å². The lowest BCUT2D eigenvalue weighted by Crippen LogP contribution is -2.46. The van der Waals surface area contributed by atoms with E-state index in [1.54, 1.807) is 7.11 Å². The molecule has 1 aliphatic heterocycles. The highest BCUT2D eigenvalue weighted by Crippen LogP contribution is 2.22. The van der Waals surface area contributed by atoms with Crippen LogP contribution >= 0.6 is 11.6 Å². The van der Waals surface area contributed by atoms with Gasteiger partial charge in [0.05, 0.1) is 13.2 Å². The quantitative estimate of drug-likeness (QED) is 0.638. The molecule has 1 aromatic carbocycles. The Hall–Kier alpha value is -1.46. The zero-order valence-electron chi connectivity index (χ0n) is 13.9. The summed E-state index contributed by atoms with van der Waals surface area (Å²) in [6.45, 7) is 5.26. The molecule has 0 spiro atoms. The minimum Gasteiger partial charge on any atom is -0.497 e. The predicted octanol–water partition coefficient (Wildman–Crippen LogP) is 2.31. The van der Waals surface area contributed by atoms with Crippen LogP contribution in [0.1, 0.15) is 25.3 Å². The van der Waals surface area contributed by atoms with Crippen LogP contribution in [0.5, 0.6) is 5.75 Å². The number of hydrogen-bond donors (Lipinski definition) is 2. The van der Waals surface area contributed by atoms with Gasteiger partial charge >= 0.3 is 0 Å². The summed E-state index contributed by atoms with van der Waals surface area (Å²) in [7, 11) is 1.63. The topological polar surface area (TPSA) is 57.1 Å². The van der Waals surface area contributed by atoms with Crippen molar-refractivity contribution in [1.82, 2.24) is 10.2 Å². The second-order valence-corrected chi connectivity index (χ2v) is 6.07. The van der Waals surface area contributed by atoms with E-state index >= 15 is 0 Å². The van der Waals surface area contributed by atoms with Crippen molar-refractivity contribution in [3.8, 4) is 5.75 Å². The molecule has 128 valence electrons. The van der Waals surface area contributed by atoms with Gasteiger partial charge in [0.1, 0.15) is 5.75 Å². The van der Waals surface area contributed by atoms with Crippen LogP contribution in [0.15, 0.2) is 23.2 Å². The molecule has 1 heterocycles. The van der Waals surface area contributed by atoms with E-state index in [2.05, 4.69) is 17.1 Å². The number of ether oxygens (including phenoxy) is 1. The van der Waals surface area contributed by atoms with Crippen molar-refractivity contribution < 1.29 is 9.84 Å². The minimum absolute atomic E-state index is 0.174. The van der Waals surface area contributed by atoms with Crippen molar-refractivity contribution in [2.45, 2.75) is 32.3 Å². The summed E-state index contributed by atoms with van der Waals surface area (Å²) < 4.78 is 5.16. The van der Waals surface area contributed by atoms with Gasteiger partial charge in [0, 0.05) is 31.2 Å².